The Bertz CT molecular complexity index is 895. The molecular weight excluding hydrogens is 414 g/mol. The number of halogens is 1. The van der Waals surface area contributed by atoms with Crippen LogP contribution in [-0.4, -0.2) is 37.1 Å². The number of hydrogen-bond acceptors (Lipinski definition) is 4. The van der Waals surface area contributed by atoms with E-state index in [1.54, 1.807) is 0 Å². The first-order valence-electron chi connectivity index (χ1n) is 7.06. The number of carboxylic acid groups (broad SMARTS) is 2. The van der Waals surface area contributed by atoms with Crippen LogP contribution in [0.2, 0.25) is 0 Å². The molecule has 0 aliphatic rings. The molecule has 0 amide bonds. The van der Waals surface area contributed by atoms with Crippen LogP contribution in [-0.2, 0) is 14.8 Å². The topological polar surface area (TPSA) is 112 Å². The van der Waals surface area contributed by atoms with Gasteiger partial charge in [0.25, 0.3) is 10.0 Å². The molecule has 0 unspecified atom stereocenters. The van der Waals surface area contributed by atoms with E-state index in [1.807, 2.05) is 0 Å². The molecule has 2 N–H and O–H groups in total. The van der Waals surface area contributed by atoms with Crippen LogP contribution in [0.25, 0.3) is 0 Å². The molecule has 0 fully saturated rings. The predicted octanol–water partition coefficient (Wildman–Crippen LogP) is 2.82. The maximum Gasteiger partial charge on any atom is 0.337 e. The summed E-state index contributed by atoms with van der Waals surface area (Å²) in [4.78, 5) is 22.3. The lowest BCUT2D eigenvalue weighted by atomic mass is 10.2. The van der Waals surface area contributed by atoms with Gasteiger partial charge < -0.3 is 10.2 Å². The molecule has 2 rings (SSSR count). The normalized spacial score (nSPS) is 11.1. The summed E-state index contributed by atoms with van der Waals surface area (Å²) in [6.07, 6.45) is -0.469. The summed E-state index contributed by atoms with van der Waals surface area (Å²) in [6, 6.07) is 11.3. The first-order valence-corrected chi connectivity index (χ1v) is 9.29. The van der Waals surface area contributed by atoms with Gasteiger partial charge in [-0.15, -0.1) is 0 Å². The van der Waals surface area contributed by atoms with Crippen LogP contribution in [0.3, 0.4) is 0 Å². The average Bonchev–Trinajstić information content (AvgIpc) is 2.55. The minimum absolute atomic E-state index is 0.0683. The van der Waals surface area contributed by atoms with Gasteiger partial charge >= 0.3 is 11.9 Å². The fourth-order valence-electron chi connectivity index (χ4n) is 2.17. The molecule has 132 valence electrons. The van der Waals surface area contributed by atoms with E-state index in [0.29, 0.717) is 4.47 Å². The molecule has 9 heteroatoms. The second-order valence-corrected chi connectivity index (χ2v) is 7.78. The third-order valence-electron chi connectivity index (χ3n) is 3.33. The largest absolute Gasteiger partial charge is 0.481 e. The smallest absolute Gasteiger partial charge is 0.337 e. The quantitative estimate of drug-likeness (QED) is 0.702. The number of rotatable bonds is 7. The number of hydrogen-bond donors (Lipinski definition) is 2. The number of carbonyl (C=O) groups is 2. The molecule has 2 aromatic carbocycles. The van der Waals surface area contributed by atoms with Crippen LogP contribution in [0.1, 0.15) is 16.8 Å². The minimum atomic E-state index is -4.14. The van der Waals surface area contributed by atoms with Crippen molar-refractivity contribution in [2.45, 2.75) is 11.3 Å². The summed E-state index contributed by atoms with van der Waals surface area (Å²) in [5, 5.41) is 18.2. The number of anilines is 1. The van der Waals surface area contributed by atoms with Crippen LogP contribution < -0.4 is 4.31 Å². The van der Waals surface area contributed by atoms with Crippen molar-refractivity contribution in [3.8, 4) is 0 Å². The molecule has 0 spiro atoms. The van der Waals surface area contributed by atoms with Crippen LogP contribution in [0.5, 0.6) is 0 Å². The summed E-state index contributed by atoms with van der Waals surface area (Å²) in [5.41, 5.74) is -0.312. The van der Waals surface area contributed by atoms with Gasteiger partial charge in [0.2, 0.25) is 0 Å². The van der Waals surface area contributed by atoms with E-state index < -0.39 is 34.9 Å². The molecule has 25 heavy (non-hydrogen) atoms. The molecule has 0 aliphatic carbocycles. The molecular formula is C16H14BrNO6S. The predicted molar refractivity (Wildman–Crippen MR) is 94.3 cm³/mol. The van der Waals surface area contributed by atoms with Gasteiger partial charge in [-0.3, -0.25) is 9.10 Å². The zero-order chi connectivity index (χ0) is 18.6. The van der Waals surface area contributed by atoms with Gasteiger partial charge in [0.1, 0.15) is 0 Å². The molecule has 7 nitrogen and oxygen atoms in total. The molecule has 0 aromatic heterocycles. The van der Waals surface area contributed by atoms with Crippen molar-refractivity contribution < 1.29 is 28.2 Å². The summed E-state index contributed by atoms with van der Waals surface area (Å²) in [7, 11) is -4.14. The van der Waals surface area contributed by atoms with Crippen molar-refractivity contribution >= 4 is 43.6 Å². The molecule has 0 saturated carbocycles. The van der Waals surface area contributed by atoms with Crippen molar-refractivity contribution in [2.75, 3.05) is 10.8 Å². The van der Waals surface area contributed by atoms with Crippen LogP contribution >= 0.6 is 15.9 Å². The molecule has 2 aromatic rings. The maximum atomic E-state index is 13.0. The van der Waals surface area contributed by atoms with E-state index in [0.717, 1.165) is 4.31 Å². The van der Waals surface area contributed by atoms with Crippen molar-refractivity contribution in [3.63, 3.8) is 0 Å². The highest BCUT2D eigenvalue weighted by Gasteiger charge is 2.28. The summed E-state index contributed by atoms with van der Waals surface area (Å²) >= 11 is 3.21. The lowest BCUT2D eigenvalue weighted by Gasteiger charge is -2.25. The van der Waals surface area contributed by atoms with Crippen molar-refractivity contribution in [3.05, 3.63) is 58.6 Å². The monoisotopic (exact) mass is 427 g/mol. The Morgan fingerprint density at radius 2 is 1.60 bits per heavy atom. The van der Waals surface area contributed by atoms with E-state index in [9.17, 15) is 23.1 Å². The highest BCUT2D eigenvalue weighted by Crippen LogP contribution is 2.28. The van der Waals surface area contributed by atoms with Gasteiger partial charge in [0, 0.05) is 11.0 Å². The number of benzene rings is 2. The van der Waals surface area contributed by atoms with E-state index >= 15 is 0 Å². The number of aromatic carboxylic acids is 1. The van der Waals surface area contributed by atoms with Gasteiger partial charge in [0.05, 0.1) is 22.6 Å². The fraction of sp³-hybridized carbons (Fsp3) is 0.125. The number of sulfonamides is 1. The van der Waals surface area contributed by atoms with Crippen molar-refractivity contribution in [1.29, 1.82) is 0 Å². The Balaban J connectivity index is 2.58. The fourth-order valence-corrected chi connectivity index (χ4v) is 3.92. The summed E-state index contributed by atoms with van der Waals surface area (Å²) in [5.74, 6) is -2.49. The zero-order valence-electron chi connectivity index (χ0n) is 12.8. The Morgan fingerprint density at radius 1 is 1.00 bits per heavy atom. The van der Waals surface area contributed by atoms with Crippen molar-refractivity contribution in [1.82, 2.24) is 0 Å². The lowest BCUT2D eigenvalue weighted by molar-refractivity contribution is -0.136. The highest BCUT2D eigenvalue weighted by atomic mass is 79.9. The molecule has 0 heterocycles. The lowest BCUT2D eigenvalue weighted by Crippen LogP contribution is -2.34. The Kier molecular flexibility index (Phi) is 5.81. The maximum absolute atomic E-state index is 13.0. The van der Waals surface area contributed by atoms with E-state index in [-0.39, 0.29) is 16.1 Å². The number of aliphatic carboxylic acids is 1. The zero-order valence-corrected chi connectivity index (χ0v) is 15.2. The number of carboxylic acids is 2. The molecule has 0 radical (unpaired) electrons. The Hall–Kier alpha value is -2.39. The highest BCUT2D eigenvalue weighted by molar-refractivity contribution is 9.10. The molecule has 0 aliphatic heterocycles. The van der Waals surface area contributed by atoms with E-state index in [4.69, 9.17) is 5.11 Å². The van der Waals surface area contributed by atoms with Crippen LogP contribution in [0, 0.1) is 0 Å². The van der Waals surface area contributed by atoms with E-state index in [1.165, 1.54) is 48.5 Å². The molecule has 0 bridgehead atoms. The molecule has 0 saturated heterocycles. The standard InChI is InChI=1S/C16H14BrNO6S/c17-11-5-7-12(8-6-11)25(23,24)18(10-9-15(19)20)14-4-2-1-3-13(14)16(21)22/h1-8H,9-10H2,(H,19,20)(H,21,22). The first-order chi connectivity index (χ1) is 11.7. The van der Waals surface area contributed by atoms with Gasteiger partial charge in [-0.2, -0.15) is 0 Å². The third kappa shape index (κ3) is 4.37. The number of para-hydroxylation sites is 1. The van der Waals surface area contributed by atoms with Gasteiger partial charge in [-0.1, -0.05) is 28.1 Å². The molecule has 0 atom stereocenters. The SMILES string of the molecule is O=C(O)CCN(c1ccccc1C(=O)O)S(=O)(=O)c1ccc(Br)cc1. The Labute approximate surface area is 152 Å². The Morgan fingerprint density at radius 3 is 2.16 bits per heavy atom. The number of nitrogens with zero attached hydrogens (tertiary/aromatic N) is 1. The van der Waals surface area contributed by atoms with Crippen LogP contribution in [0.4, 0.5) is 5.69 Å². The van der Waals surface area contributed by atoms with Gasteiger partial charge in [-0.05, 0) is 36.4 Å². The van der Waals surface area contributed by atoms with E-state index in [2.05, 4.69) is 15.9 Å². The second kappa shape index (κ2) is 7.66. The van der Waals surface area contributed by atoms with Crippen LogP contribution in [0.15, 0.2) is 57.9 Å². The summed E-state index contributed by atoms with van der Waals surface area (Å²) in [6.45, 7) is -0.391. The second-order valence-electron chi connectivity index (χ2n) is 5.00. The van der Waals surface area contributed by atoms with Gasteiger partial charge in [-0.25, -0.2) is 13.2 Å². The minimum Gasteiger partial charge on any atom is -0.481 e. The third-order valence-corrected chi connectivity index (χ3v) is 5.69. The summed E-state index contributed by atoms with van der Waals surface area (Å²) < 4.78 is 27.4. The van der Waals surface area contributed by atoms with Crippen molar-refractivity contribution in [2.24, 2.45) is 0 Å². The average molecular weight is 428 g/mol. The van der Waals surface area contributed by atoms with Gasteiger partial charge in [0.15, 0.2) is 0 Å². The first kappa shape index (κ1) is 18.9.